The molecule has 4 rings (SSSR count). The number of hydrogen-bond acceptors (Lipinski definition) is 4. The zero-order valence-electron chi connectivity index (χ0n) is 14.5. The highest BCUT2D eigenvalue weighted by atomic mass is 16.2. The van der Waals surface area contributed by atoms with Gasteiger partial charge in [-0.1, -0.05) is 12.1 Å². The van der Waals surface area contributed by atoms with Gasteiger partial charge in [0.25, 0.3) is 5.91 Å². The van der Waals surface area contributed by atoms with Gasteiger partial charge in [0, 0.05) is 26.1 Å². The van der Waals surface area contributed by atoms with Gasteiger partial charge >= 0.3 is 0 Å². The third-order valence-corrected chi connectivity index (χ3v) is 4.86. The molecular weight excluding hydrogens is 332 g/mol. The molecule has 26 heavy (non-hydrogen) atoms. The van der Waals surface area contributed by atoms with Crippen LogP contribution in [0.25, 0.3) is 11.0 Å². The van der Waals surface area contributed by atoms with Gasteiger partial charge in [0.05, 0.1) is 29.6 Å². The minimum Gasteiger partial charge on any atom is -0.349 e. The number of likely N-dealkylation sites (tertiary alicyclic amines) is 1. The van der Waals surface area contributed by atoms with Gasteiger partial charge in [-0.15, -0.1) is 0 Å². The summed E-state index contributed by atoms with van der Waals surface area (Å²) in [4.78, 5) is 29.9. The van der Waals surface area contributed by atoms with Crippen LogP contribution >= 0.6 is 0 Å². The van der Waals surface area contributed by atoms with Crippen LogP contribution in [0, 0.1) is 0 Å². The molecule has 0 aliphatic carbocycles. The second-order valence-corrected chi connectivity index (χ2v) is 6.55. The fourth-order valence-corrected chi connectivity index (χ4v) is 3.28. The second-order valence-electron chi connectivity index (χ2n) is 6.55. The van der Waals surface area contributed by atoms with E-state index in [0.29, 0.717) is 25.2 Å². The third kappa shape index (κ3) is 3.05. The van der Waals surface area contributed by atoms with E-state index in [2.05, 4.69) is 20.5 Å². The molecule has 0 spiro atoms. The number of imidazole rings is 1. The maximum absolute atomic E-state index is 12.3. The Morgan fingerprint density at radius 2 is 2.23 bits per heavy atom. The Morgan fingerprint density at radius 3 is 3.04 bits per heavy atom. The largest absolute Gasteiger partial charge is 0.349 e. The molecule has 0 bridgehead atoms. The molecule has 2 amide bonds. The maximum Gasteiger partial charge on any atom is 0.271 e. The van der Waals surface area contributed by atoms with Gasteiger partial charge in [-0.25, -0.2) is 4.98 Å². The SMILES string of the molecule is CN1C(=O)CCC1CNC(=O)c1cc(Cn2cnc3ccccc32)[nH]n1. The zero-order chi connectivity index (χ0) is 18.1. The average molecular weight is 352 g/mol. The normalized spacial score (nSPS) is 17.2. The quantitative estimate of drug-likeness (QED) is 0.720. The lowest BCUT2D eigenvalue weighted by molar-refractivity contribution is -0.127. The van der Waals surface area contributed by atoms with Crippen LogP contribution in [0.2, 0.25) is 0 Å². The number of amides is 2. The predicted octanol–water partition coefficient (Wildman–Crippen LogP) is 1.16. The van der Waals surface area contributed by atoms with Crippen LogP contribution in [0.4, 0.5) is 0 Å². The van der Waals surface area contributed by atoms with Crippen molar-refractivity contribution < 1.29 is 9.59 Å². The number of rotatable bonds is 5. The van der Waals surface area contributed by atoms with Crippen molar-refractivity contribution in [1.82, 2.24) is 30.0 Å². The summed E-state index contributed by atoms with van der Waals surface area (Å²) in [7, 11) is 1.77. The van der Waals surface area contributed by atoms with Gasteiger partial charge in [-0.2, -0.15) is 5.10 Å². The Bertz CT molecular complexity index is 959. The number of nitrogens with one attached hydrogen (secondary N) is 2. The first-order valence-electron chi connectivity index (χ1n) is 8.60. The Labute approximate surface area is 150 Å². The van der Waals surface area contributed by atoms with Crippen molar-refractivity contribution in [2.45, 2.75) is 25.4 Å². The van der Waals surface area contributed by atoms with E-state index in [1.165, 1.54) is 0 Å². The molecule has 1 unspecified atom stereocenters. The van der Waals surface area contributed by atoms with E-state index in [-0.39, 0.29) is 17.9 Å². The van der Waals surface area contributed by atoms with Crippen molar-refractivity contribution in [2.24, 2.45) is 0 Å². The number of benzene rings is 1. The summed E-state index contributed by atoms with van der Waals surface area (Å²) >= 11 is 0. The highest BCUT2D eigenvalue weighted by Crippen LogP contribution is 2.16. The van der Waals surface area contributed by atoms with Gasteiger partial charge in [0.1, 0.15) is 5.69 Å². The lowest BCUT2D eigenvalue weighted by Gasteiger charge is -2.19. The summed E-state index contributed by atoms with van der Waals surface area (Å²) in [6.07, 6.45) is 3.09. The molecular formula is C18H20N6O2. The minimum absolute atomic E-state index is 0.0576. The van der Waals surface area contributed by atoms with Crippen LogP contribution < -0.4 is 5.32 Å². The van der Waals surface area contributed by atoms with Crippen molar-refractivity contribution >= 4 is 22.8 Å². The van der Waals surface area contributed by atoms with E-state index >= 15 is 0 Å². The first-order chi connectivity index (χ1) is 12.6. The first kappa shape index (κ1) is 16.3. The monoisotopic (exact) mass is 352 g/mol. The maximum atomic E-state index is 12.3. The molecule has 0 radical (unpaired) electrons. The number of carbonyl (C=O) groups excluding carboxylic acids is 2. The molecule has 0 saturated carbocycles. The number of likely N-dealkylation sites (N-methyl/N-ethyl adjacent to an activating group) is 1. The number of hydrogen-bond donors (Lipinski definition) is 2. The first-order valence-corrected chi connectivity index (χ1v) is 8.60. The molecule has 3 aromatic rings. The van der Waals surface area contributed by atoms with Crippen molar-refractivity contribution in [2.75, 3.05) is 13.6 Å². The Hall–Kier alpha value is -3.16. The predicted molar refractivity (Wildman–Crippen MR) is 95.5 cm³/mol. The van der Waals surface area contributed by atoms with Crippen LogP contribution in [0.3, 0.4) is 0 Å². The van der Waals surface area contributed by atoms with Crippen molar-refractivity contribution in [3.8, 4) is 0 Å². The number of aromatic amines is 1. The number of H-pyrrole nitrogens is 1. The lowest BCUT2D eigenvalue weighted by Crippen LogP contribution is -2.39. The summed E-state index contributed by atoms with van der Waals surface area (Å²) in [5.41, 5.74) is 3.13. The van der Waals surface area contributed by atoms with Gasteiger partial charge in [-0.3, -0.25) is 14.7 Å². The van der Waals surface area contributed by atoms with Gasteiger partial charge in [0.15, 0.2) is 0 Å². The van der Waals surface area contributed by atoms with E-state index in [0.717, 1.165) is 23.1 Å². The Morgan fingerprint density at radius 1 is 1.38 bits per heavy atom. The fourth-order valence-electron chi connectivity index (χ4n) is 3.28. The number of fused-ring (bicyclic) bond motifs is 1. The van der Waals surface area contributed by atoms with Crippen molar-refractivity contribution in [3.63, 3.8) is 0 Å². The summed E-state index contributed by atoms with van der Waals surface area (Å²) in [6, 6.07) is 9.69. The Kier molecular flexibility index (Phi) is 4.16. The smallest absolute Gasteiger partial charge is 0.271 e. The standard InChI is InChI=1S/C18H20N6O2/c1-23-13(6-7-17(23)25)9-19-18(26)15-8-12(21-22-15)10-24-11-20-14-4-2-3-5-16(14)24/h2-5,8,11,13H,6-7,9-10H2,1H3,(H,19,26)(H,21,22). The summed E-state index contributed by atoms with van der Waals surface area (Å²) < 4.78 is 2.00. The molecule has 1 aromatic carbocycles. The van der Waals surface area contributed by atoms with Crippen LogP contribution in [-0.4, -0.2) is 56.1 Å². The second kappa shape index (κ2) is 6.62. The number of aromatic nitrogens is 4. The summed E-state index contributed by atoms with van der Waals surface area (Å²) in [5.74, 6) is -0.116. The summed E-state index contributed by atoms with van der Waals surface area (Å²) in [5, 5.41) is 9.87. The molecule has 3 heterocycles. The molecule has 134 valence electrons. The molecule has 2 aromatic heterocycles. The number of carbonyl (C=O) groups is 2. The lowest BCUT2D eigenvalue weighted by atomic mass is 10.2. The van der Waals surface area contributed by atoms with Crippen molar-refractivity contribution in [3.05, 3.63) is 48.0 Å². The van der Waals surface area contributed by atoms with Gasteiger partial charge in [0.2, 0.25) is 5.91 Å². The van der Waals surface area contributed by atoms with E-state index in [4.69, 9.17) is 0 Å². The third-order valence-electron chi connectivity index (χ3n) is 4.86. The number of para-hydroxylation sites is 2. The van der Waals surface area contributed by atoms with Crippen molar-refractivity contribution in [1.29, 1.82) is 0 Å². The molecule has 1 atom stereocenters. The molecule has 1 fully saturated rings. The molecule has 1 saturated heterocycles. The highest BCUT2D eigenvalue weighted by molar-refractivity contribution is 5.92. The summed E-state index contributed by atoms with van der Waals surface area (Å²) in [6.45, 7) is 0.996. The molecule has 1 aliphatic rings. The topological polar surface area (TPSA) is 95.9 Å². The molecule has 8 heteroatoms. The van der Waals surface area contributed by atoms with Crippen LogP contribution in [0.1, 0.15) is 29.0 Å². The highest BCUT2D eigenvalue weighted by Gasteiger charge is 2.27. The molecule has 8 nitrogen and oxygen atoms in total. The molecule has 1 aliphatic heterocycles. The fraction of sp³-hybridized carbons (Fsp3) is 0.333. The zero-order valence-corrected chi connectivity index (χ0v) is 14.5. The van der Waals surface area contributed by atoms with Crippen LogP contribution in [0.5, 0.6) is 0 Å². The van der Waals surface area contributed by atoms with E-state index in [1.807, 2.05) is 28.8 Å². The van der Waals surface area contributed by atoms with Gasteiger partial charge < -0.3 is 14.8 Å². The average Bonchev–Trinajstić information content (AvgIpc) is 3.36. The minimum atomic E-state index is -0.240. The van der Waals surface area contributed by atoms with Gasteiger partial charge in [-0.05, 0) is 24.6 Å². The molecule has 2 N–H and O–H groups in total. The van der Waals surface area contributed by atoms with E-state index in [9.17, 15) is 9.59 Å². The van der Waals surface area contributed by atoms with Crippen LogP contribution in [0.15, 0.2) is 36.7 Å². The van der Waals surface area contributed by atoms with E-state index < -0.39 is 0 Å². The number of nitrogens with zero attached hydrogens (tertiary/aromatic N) is 4. The van der Waals surface area contributed by atoms with E-state index in [1.54, 1.807) is 24.3 Å². The van der Waals surface area contributed by atoms with Crippen LogP contribution in [-0.2, 0) is 11.3 Å². The Balaban J connectivity index is 1.39.